The first-order chi connectivity index (χ1) is 8.97. The molecule has 1 fully saturated rings. The monoisotopic (exact) mass is 267 g/mol. The van der Waals surface area contributed by atoms with Gasteiger partial charge < -0.3 is 15.2 Å². The van der Waals surface area contributed by atoms with E-state index < -0.39 is 5.54 Å². The van der Waals surface area contributed by atoms with Gasteiger partial charge in [-0.05, 0) is 19.8 Å². The second-order valence-electron chi connectivity index (χ2n) is 6.24. The lowest BCUT2D eigenvalue weighted by atomic mass is 9.54. The number of amides is 1. The van der Waals surface area contributed by atoms with Crippen LogP contribution in [-0.2, 0) is 9.53 Å². The molecule has 1 saturated carbocycles. The van der Waals surface area contributed by atoms with E-state index in [0.717, 1.165) is 12.8 Å². The van der Waals surface area contributed by atoms with Crippen molar-refractivity contribution in [2.45, 2.75) is 51.7 Å². The number of aliphatic hydroxyl groups excluding tert-OH is 1. The number of carbonyl (C=O) groups excluding carboxylic acids is 1. The Bertz CT molecular complexity index is 370. The first kappa shape index (κ1) is 14.5. The predicted molar refractivity (Wildman–Crippen MR) is 73.6 cm³/mol. The van der Waals surface area contributed by atoms with Crippen LogP contribution in [-0.4, -0.2) is 35.9 Å². The van der Waals surface area contributed by atoms with Crippen LogP contribution in [0.2, 0.25) is 0 Å². The number of nitrogens with one attached hydrogen (secondary N) is 1. The van der Waals surface area contributed by atoms with Crippen molar-refractivity contribution in [1.82, 2.24) is 5.32 Å². The van der Waals surface area contributed by atoms with Gasteiger partial charge in [-0.25, -0.2) is 0 Å². The summed E-state index contributed by atoms with van der Waals surface area (Å²) in [4.78, 5) is 12.3. The maximum atomic E-state index is 12.3. The predicted octanol–water partition coefficient (Wildman–Crippen LogP) is 1.63. The summed E-state index contributed by atoms with van der Waals surface area (Å²) in [5.74, 6) is 0.0902. The van der Waals surface area contributed by atoms with Crippen molar-refractivity contribution < 1.29 is 14.6 Å². The number of aliphatic hydroxyl groups is 1. The number of allylic oxidation sites excluding steroid dienone is 2. The van der Waals surface area contributed by atoms with Gasteiger partial charge >= 0.3 is 0 Å². The maximum absolute atomic E-state index is 12.3. The highest BCUT2D eigenvalue weighted by Gasteiger charge is 2.61. The molecule has 2 aliphatic rings. The number of hydrogen-bond acceptors (Lipinski definition) is 3. The van der Waals surface area contributed by atoms with Crippen molar-refractivity contribution in [2.24, 2.45) is 11.3 Å². The fourth-order valence-electron chi connectivity index (χ4n) is 3.17. The Labute approximate surface area is 115 Å². The fourth-order valence-corrected chi connectivity index (χ4v) is 3.17. The minimum absolute atomic E-state index is 0.0323. The van der Waals surface area contributed by atoms with Crippen molar-refractivity contribution in [3.05, 3.63) is 12.2 Å². The van der Waals surface area contributed by atoms with Gasteiger partial charge in [-0.2, -0.15) is 0 Å². The summed E-state index contributed by atoms with van der Waals surface area (Å²) >= 11 is 0. The van der Waals surface area contributed by atoms with E-state index in [-0.39, 0.29) is 30.0 Å². The molecular formula is C15H25NO3. The molecule has 0 spiro atoms. The minimum atomic E-state index is -0.535. The van der Waals surface area contributed by atoms with E-state index >= 15 is 0 Å². The molecule has 0 unspecified atom stereocenters. The molecule has 2 N–H and O–H groups in total. The molecule has 19 heavy (non-hydrogen) atoms. The normalized spacial score (nSPS) is 33.2. The summed E-state index contributed by atoms with van der Waals surface area (Å²) in [5.41, 5.74) is -0.772. The van der Waals surface area contributed by atoms with Crippen molar-refractivity contribution >= 4 is 5.91 Å². The molecule has 0 saturated heterocycles. The van der Waals surface area contributed by atoms with E-state index in [1.165, 1.54) is 0 Å². The molecule has 0 aromatic heterocycles. The van der Waals surface area contributed by atoms with Gasteiger partial charge in [0.05, 0.1) is 18.2 Å². The lowest BCUT2D eigenvalue weighted by Crippen LogP contribution is -2.74. The Kier molecular flexibility index (Phi) is 4.02. The quantitative estimate of drug-likeness (QED) is 0.744. The first-order valence-corrected chi connectivity index (χ1v) is 7.16. The Hall–Kier alpha value is -0.870. The molecule has 0 radical (unpaired) electrons. The Morgan fingerprint density at radius 1 is 1.42 bits per heavy atom. The van der Waals surface area contributed by atoms with Gasteiger partial charge in [0.15, 0.2) is 0 Å². The maximum Gasteiger partial charge on any atom is 0.224 e. The van der Waals surface area contributed by atoms with Crippen molar-refractivity contribution in [2.75, 3.05) is 13.2 Å². The standard InChI is InChI=1S/C15H25NO3/c1-4-19-12-9-15(10-17,14(12,2)3)16-13(18)11-7-5-6-8-11/h5-6,11-12,17H,4,7-10H2,1-3H3,(H,16,18)/t12-,15-/m0/s1. The molecule has 2 rings (SSSR count). The molecule has 0 aromatic carbocycles. The van der Waals surface area contributed by atoms with Crippen molar-refractivity contribution in [3.8, 4) is 0 Å². The lowest BCUT2D eigenvalue weighted by Gasteiger charge is -2.60. The van der Waals surface area contributed by atoms with Crippen LogP contribution in [0.1, 0.15) is 40.0 Å². The highest BCUT2D eigenvalue weighted by Crippen LogP contribution is 2.51. The Morgan fingerprint density at radius 3 is 2.53 bits per heavy atom. The summed E-state index contributed by atoms with van der Waals surface area (Å²) < 4.78 is 5.68. The largest absolute Gasteiger partial charge is 0.394 e. The summed E-state index contributed by atoms with van der Waals surface area (Å²) in [6.07, 6.45) is 6.50. The molecular weight excluding hydrogens is 242 g/mol. The molecule has 0 heterocycles. The molecule has 4 heteroatoms. The van der Waals surface area contributed by atoms with E-state index in [9.17, 15) is 9.90 Å². The molecule has 0 bridgehead atoms. The number of rotatable bonds is 5. The topological polar surface area (TPSA) is 58.6 Å². The third-order valence-electron chi connectivity index (χ3n) is 4.95. The summed E-state index contributed by atoms with van der Waals surface area (Å²) in [6, 6.07) is 0. The zero-order valence-electron chi connectivity index (χ0n) is 12.1. The van der Waals surface area contributed by atoms with Crippen LogP contribution in [0.5, 0.6) is 0 Å². The van der Waals surface area contributed by atoms with Crippen LogP contribution in [0.3, 0.4) is 0 Å². The van der Waals surface area contributed by atoms with E-state index in [0.29, 0.717) is 13.0 Å². The molecule has 0 aliphatic heterocycles. The third kappa shape index (κ3) is 2.32. The second-order valence-corrected chi connectivity index (χ2v) is 6.24. The summed E-state index contributed by atoms with van der Waals surface area (Å²) in [7, 11) is 0. The van der Waals surface area contributed by atoms with Crippen LogP contribution in [0, 0.1) is 11.3 Å². The van der Waals surface area contributed by atoms with Crippen LogP contribution < -0.4 is 5.32 Å². The van der Waals surface area contributed by atoms with Crippen LogP contribution in [0.15, 0.2) is 12.2 Å². The Balaban J connectivity index is 2.02. The van der Waals surface area contributed by atoms with Crippen LogP contribution in [0.25, 0.3) is 0 Å². The average molecular weight is 267 g/mol. The van der Waals surface area contributed by atoms with Gasteiger partial charge in [0.1, 0.15) is 0 Å². The molecule has 0 aromatic rings. The Morgan fingerprint density at radius 2 is 2.05 bits per heavy atom. The molecule has 2 atom stereocenters. The smallest absolute Gasteiger partial charge is 0.224 e. The van der Waals surface area contributed by atoms with E-state index in [4.69, 9.17) is 4.74 Å². The van der Waals surface area contributed by atoms with Gasteiger partial charge in [0.2, 0.25) is 5.91 Å². The van der Waals surface area contributed by atoms with Gasteiger partial charge in [-0.15, -0.1) is 0 Å². The molecule has 4 nitrogen and oxygen atoms in total. The van der Waals surface area contributed by atoms with Crippen LogP contribution >= 0.6 is 0 Å². The first-order valence-electron chi connectivity index (χ1n) is 7.16. The summed E-state index contributed by atoms with van der Waals surface area (Å²) in [6.45, 7) is 6.71. The van der Waals surface area contributed by atoms with Gasteiger partial charge in [-0.3, -0.25) is 4.79 Å². The van der Waals surface area contributed by atoms with Gasteiger partial charge in [-0.1, -0.05) is 26.0 Å². The molecule has 2 aliphatic carbocycles. The number of carbonyl (C=O) groups is 1. The zero-order valence-corrected chi connectivity index (χ0v) is 12.1. The fraction of sp³-hybridized carbons (Fsp3) is 0.800. The highest BCUT2D eigenvalue weighted by molar-refractivity contribution is 5.80. The average Bonchev–Trinajstić information content (AvgIpc) is 2.90. The van der Waals surface area contributed by atoms with Crippen molar-refractivity contribution in [1.29, 1.82) is 0 Å². The number of ether oxygens (including phenoxy) is 1. The molecule has 108 valence electrons. The van der Waals surface area contributed by atoms with E-state index in [1.807, 2.05) is 19.1 Å². The lowest BCUT2D eigenvalue weighted by molar-refractivity contribution is -0.182. The van der Waals surface area contributed by atoms with E-state index in [2.05, 4.69) is 19.2 Å². The van der Waals surface area contributed by atoms with Crippen LogP contribution in [0.4, 0.5) is 0 Å². The molecule has 1 amide bonds. The summed E-state index contributed by atoms with van der Waals surface area (Å²) in [5, 5.41) is 12.9. The highest BCUT2D eigenvalue weighted by atomic mass is 16.5. The van der Waals surface area contributed by atoms with Crippen molar-refractivity contribution in [3.63, 3.8) is 0 Å². The minimum Gasteiger partial charge on any atom is -0.394 e. The zero-order chi connectivity index (χ0) is 14.1. The van der Waals surface area contributed by atoms with E-state index in [1.54, 1.807) is 0 Å². The van der Waals surface area contributed by atoms with Gasteiger partial charge in [0, 0.05) is 24.4 Å². The third-order valence-corrected chi connectivity index (χ3v) is 4.95. The second kappa shape index (κ2) is 5.25. The van der Waals surface area contributed by atoms with Gasteiger partial charge in [0.25, 0.3) is 0 Å². The number of hydrogen-bond donors (Lipinski definition) is 2. The SMILES string of the molecule is CCO[C@H]1C[C@@](CO)(NC(=O)C2CC=CC2)C1(C)C.